The Bertz CT molecular complexity index is 242. The van der Waals surface area contributed by atoms with Crippen LogP contribution in [0.2, 0.25) is 0 Å². The van der Waals surface area contributed by atoms with Crippen LogP contribution in [0.3, 0.4) is 0 Å². The molecule has 3 unspecified atom stereocenters. The van der Waals surface area contributed by atoms with Crippen molar-refractivity contribution in [3.05, 3.63) is 0 Å². The van der Waals surface area contributed by atoms with E-state index in [0.717, 1.165) is 25.4 Å². The number of hydrogen-bond donors (Lipinski definition) is 1. The van der Waals surface area contributed by atoms with E-state index in [0.29, 0.717) is 6.04 Å². The Balaban J connectivity index is 1.92. The molecule has 3 nitrogen and oxygen atoms in total. The lowest BCUT2D eigenvalue weighted by atomic mass is 9.99. The van der Waals surface area contributed by atoms with Crippen molar-refractivity contribution in [2.24, 2.45) is 11.8 Å². The van der Waals surface area contributed by atoms with Gasteiger partial charge in [-0.1, -0.05) is 19.8 Å². The lowest BCUT2D eigenvalue weighted by Gasteiger charge is -2.28. The van der Waals surface area contributed by atoms with E-state index < -0.39 is 5.97 Å². The molecule has 15 heavy (non-hydrogen) atoms. The van der Waals surface area contributed by atoms with Crippen LogP contribution >= 0.6 is 0 Å². The summed E-state index contributed by atoms with van der Waals surface area (Å²) in [6.45, 7) is 4.04. The zero-order valence-electron chi connectivity index (χ0n) is 9.48. The first-order valence-electron chi connectivity index (χ1n) is 6.19. The summed E-state index contributed by atoms with van der Waals surface area (Å²) in [6, 6.07) is 0.680. The largest absolute Gasteiger partial charge is 0.481 e. The third kappa shape index (κ3) is 2.17. The number of carboxylic acid groups (broad SMARTS) is 1. The second-order valence-corrected chi connectivity index (χ2v) is 4.99. The van der Waals surface area contributed by atoms with Crippen molar-refractivity contribution in [3.63, 3.8) is 0 Å². The van der Waals surface area contributed by atoms with E-state index >= 15 is 0 Å². The molecular formula is C12H21NO2. The van der Waals surface area contributed by atoms with Crippen LogP contribution < -0.4 is 0 Å². The Morgan fingerprint density at radius 2 is 2.20 bits per heavy atom. The molecule has 86 valence electrons. The van der Waals surface area contributed by atoms with Crippen LogP contribution in [0.15, 0.2) is 0 Å². The third-order valence-corrected chi connectivity index (χ3v) is 4.18. The highest BCUT2D eigenvalue weighted by molar-refractivity contribution is 5.70. The summed E-state index contributed by atoms with van der Waals surface area (Å²) in [6.07, 6.45) is 6.05. The van der Waals surface area contributed by atoms with E-state index in [4.69, 9.17) is 5.11 Å². The first kappa shape index (κ1) is 10.9. The average molecular weight is 211 g/mol. The molecule has 0 spiro atoms. The lowest BCUT2D eigenvalue weighted by molar-refractivity contribution is -0.141. The van der Waals surface area contributed by atoms with Gasteiger partial charge in [0.1, 0.15) is 0 Å². The van der Waals surface area contributed by atoms with Crippen molar-refractivity contribution in [1.82, 2.24) is 4.90 Å². The van der Waals surface area contributed by atoms with Gasteiger partial charge in [-0.05, 0) is 31.7 Å². The quantitative estimate of drug-likeness (QED) is 0.776. The molecule has 1 aliphatic carbocycles. The van der Waals surface area contributed by atoms with Crippen molar-refractivity contribution in [2.45, 2.75) is 45.1 Å². The van der Waals surface area contributed by atoms with Gasteiger partial charge in [-0.2, -0.15) is 0 Å². The van der Waals surface area contributed by atoms with Crippen molar-refractivity contribution in [1.29, 1.82) is 0 Å². The molecule has 3 atom stereocenters. The van der Waals surface area contributed by atoms with Crippen LogP contribution in [0.25, 0.3) is 0 Å². The summed E-state index contributed by atoms with van der Waals surface area (Å²) in [4.78, 5) is 13.3. The zero-order chi connectivity index (χ0) is 10.8. The van der Waals surface area contributed by atoms with Gasteiger partial charge in [-0.25, -0.2) is 0 Å². The summed E-state index contributed by atoms with van der Waals surface area (Å²) in [5, 5.41) is 8.97. The molecule has 2 rings (SSSR count). The third-order valence-electron chi connectivity index (χ3n) is 4.18. The molecule has 1 heterocycles. The van der Waals surface area contributed by atoms with E-state index in [1.54, 1.807) is 0 Å². The molecule has 2 fully saturated rings. The van der Waals surface area contributed by atoms with Crippen molar-refractivity contribution in [2.75, 3.05) is 13.1 Å². The Kier molecular flexibility index (Phi) is 3.29. The summed E-state index contributed by atoms with van der Waals surface area (Å²) in [7, 11) is 0. The smallest absolute Gasteiger partial charge is 0.307 e. The maximum atomic E-state index is 10.9. The molecule has 1 N–H and O–H groups in total. The topological polar surface area (TPSA) is 40.5 Å². The van der Waals surface area contributed by atoms with Crippen LogP contribution in [0.1, 0.15) is 39.0 Å². The summed E-state index contributed by atoms with van der Waals surface area (Å²) in [5.74, 6) is 0.101. The van der Waals surface area contributed by atoms with Crippen LogP contribution in [0.5, 0.6) is 0 Å². The Hall–Kier alpha value is -0.570. The number of rotatable bonds is 3. The fourth-order valence-corrected chi connectivity index (χ4v) is 3.26. The van der Waals surface area contributed by atoms with Gasteiger partial charge in [0, 0.05) is 12.6 Å². The second kappa shape index (κ2) is 4.52. The Morgan fingerprint density at radius 1 is 1.40 bits per heavy atom. The fourth-order valence-electron chi connectivity index (χ4n) is 3.26. The highest BCUT2D eigenvalue weighted by Crippen LogP contribution is 2.34. The highest BCUT2D eigenvalue weighted by atomic mass is 16.4. The monoisotopic (exact) mass is 211 g/mol. The molecule has 0 aromatic carbocycles. The molecule has 0 aromatic heterocycles. The number of likely N-dealkylation sites (tertiary alicyclic amines) is 1. The van der Waals surface area contributed by atoms with Gasteiger partial charge in [0.2, 0.25) is 0 Å². The van der Waals surface area contributed by atoms with Crippen LogP contribution in [0.4, 0.5) is 0 Å². The molecule has 0 amide bonds. The Morgan fingerprint density at radius 3 is 2.80 bits per heavy atom. The van der Waals surface area contributed by atoms with Gasteiger partial charge in [0.05, 0.1) is 5.92 Å². The van der Waals surface area contributed by atoms with Gasteiger partial charge < -0.3 is 5.11 Å². The van der Waals surface area contributed by atoms with Crippen LogP contribution in [0, 0.1) is 11.8 Å². The maximum Gasteiger partial charge on any atom is 0.307 e. The molecule has 2 aliphatic rings. The second-order valence-electron chi connectivity index (χ2n) is 4.99. The summed E-state index contributed by atoms with van der Waals surface area (Å²) >= 11 is 0. The lowest BCUT2D eigenvalue weighted by Crippen LogP contribution is -2.36. The molecule has 0 bridgehead atoms. The predicted molar refractivity (Wildman–Crippen MR) is 58.7 cm³/mol. The first-order chi connectivity index (χ1) is 7.22. The van der Waals surface area contributed by atoms with E-state index in [1.165, 1.54) is 25.7 Å². The molecule has 0 radical (unpaired) electrons. The fraction of sp³-hybridized carbons (Fsp3) is 0.917. The standard InChI is InChI=1S/C12H21NO2/c1-2-9-4-3-5-11(9)13-7-6-10(8-13)12(14)15/h9-11H,2-8H2,1H3,(H,14,15). The molecule has 0 aromatic rings. The van der Waals surface area contributed by atoms with E-state index in [2.05, 4.69) is 11.8 Å². The van der Waals surface area contributed by atoms with Gasteiger partial charge in [0.25, 0.3) is 0 Å². The highest BCUT2D eigenvalue weighted by Gasteiger charge is 2.37. The Labute approximate surface area is 91.5 Å². The summed E-state index contributed by atoms with van der Waals surface area (Å²) in [5.41, 5.74) is 0. The first-order valence-corrected chi connectivity index (χ1v) is 6.19. The minimum atomic E-state index is -0.608. The van der Waals surface area contributed by atoms with Gasteiger partial charge in [-0.3, -0.25) is 9.69 Å². The molecule has 1 saturated carbocycles. The van der Waals surface area contributed by atoms with E-state index in [9.17, 15) is 4.79 Å². The minimum absolute atomic E-state index is 0.108. The van der Waals surface area contributed by atoms with Gasteiger partial charge >= 0.3 is 5.97 Å². The van der Waals surface area contributed by atoms with Crippen molar-refractivity contribution < 1.29 is 9.90 Å². The number of carbonyl (C=O) groups is 1. The van der Waals surface area contributed by atoms with Crippen molar-refractivity contribution >= 4 is 5.97 Å². The average Bonchev–Trinajstić information content (AvgIpc) is 2.85. The number of hydrogen-bond acceptors (Lipinski definition) is 2. The van der Waals surface area contributed by atoms with E-state index in [1.807, 2.05) is 0 Å². The normalized spacial score (nSPS) is 37.3. The predicted octanol–water partition coefficient (Wildman–Crippen LogP) is 1.97. The zero-order valence-corrected chi connectivity index (χ0v) is 9.48. The van der Waals surface area contributed by atoms with Gasteiger partial charge in [0.15, 0.2) is 0 Å². The van der Waals surface area contributed by atoms with E-state index in [-0.39, 0.29) is 5.92 Å². The van der Waals surface area contributed by atoms with Crippen LogP contribution in [-0.2, 0) is 4.79 Å². The van der Waals surface area contributed by atoms with Crippen molar-refractivity contribution in [3.8, 4) is 0 Å². The number of carboxylic acids is 1. The molecule has 1 saturated heterocycles. The number of aliphatic carboxylic acids is 1. The summed E-state index contributed by atoms with van der Waals surface area (Å²) < 4.78 is 0. The SMILES string of the molecule is CCC1CCCC1N1CCC(C(=O)O)C1. The van der Waals surface area contributed by atoms with Gasteiger partial charge in [-0.15, -0.1) is 0 Å². The van der Waals surface area contributed by atoms with Crippen LogP contribution in [-0.4, -0.2) is 35.1 Å². The molecule has 1 aliphatic heterocycles. The molecule has 3 heteroatoms. The molecular weight excluding hydrogens is 190 g/mol. The number of nitrogens with zero attached hydrogens (tertiary/aromatic N) is 1. The minimum Gasteiger partial charge on any atom is -0.481 e. The maximum absolute atomic E-state index is 10.9.